The lowest BCUT2D eigenvalue weighted by Crippen LogP contribution is -2.28. The molecule has 35 heavy (non-hydrogen) atoms. The van der Waals surface area contributed by atoms with Crippen molar-refractivity contribution >= 4 is 18.3 Å². The molecule has 3 aromatic rings. The van der Waals surface area contributed by atoms with E-state index in [2.05, 4.69) is 15.0 Å². The highest BCUT2D eigenvalue weighted by Gasteiger charge is 2.24. The van der Waals surface area contributed by atoms with Crippen LogP contribution in [0, 0.1) is 11.6 Å². The van der Waals surface area contributed by atoms with Crippen molar-refractivity contribution in [3.05, 3.63) is 65.1 Å². The number of rotatable bonds is 10. The molecule has 0 bridgehead atoms. The molecule has 1 heterocycles. The molecule has 0 saturated carbocycles. The van der Waals surface area contributed by atoms with E-state index in [1.54, 1.807) is 13.8 Å². The number of halogens is 5. The number of alkyl halides is 2. The van der Waals surface area contributed by atoms with E-state index >= 15 is 0 Å². The maximum atomic E-state index is 13.8. The summed E-state index contributed by atoms with van der Waals surface area (Å²) in [6, 6.07) is 6.61. The van der Waals surface area contributed by atoms with Crippen LogP contribution in [-0.4, -0.2) is 30.7 Å². The molecule has 1 amide bonds. The number of amides is 1. The lowest BCUT2D eigenvalue weighted by molar-refractivity contribution is -0.0514. The van der Waals surface area contributed by atoms with Gasteiger partial charge in [-0.25, -0.2) is 13.8 Å². The fourth-order valence-corrected chi connectivity index (χ4v) is 3.15. The van der Waals surface area contributed by atoms with Gasteiger partial charge in [-0.2, -0.15) is 8.78 Å². The van der Waals surface area contributed by atoms with E-state index in [1.807, 2.05) is 0 Å². The average molecular weight is 518 g/mol. The molecule has 3 N–H and O–H groups in total. The Labute approximate surface area is 205 Å². The minimum Gasteiger partial charge on any atom is -0.490 e. The Morgan fingerprint density at radius 1 is 1.17 bits per heavy atom. The maximum Gasteiger partial charge on any atom is 0.387 e. The molecule has 7 nitrogen and oxygen atoms in total. The summed E-state index contributed by atoms with van der Waals surface area (Å²) in [6.07, 6.45) is 0.124. The second-order valence-corrected chi connectivity index (χ2v) is 7.24. The molecule has 1 atom stereocenters. The highest BCUT2D eigenvalue weighted by atomic mass is 35.5. The monoisotopic (exact) mass is 517 g/mol. The lowest BCUT2D eigenvalue weighted by atomic mass is 10.1. The molecule has 0 saturated heterocycles. The standard InChI is InChI=1S/C23H23F4N3O4.ClH/c1-3-32-18-10-14(5-7-17(18)33-23(26)27)22-30-19(20(34-22)12(2)28)21(31)29-9-8-13-4-6-15(24)11-16(13)25;/h4-7,10-12,23H,3,8-9,28H2,1-2H3,(H,29,31);1H. The van der Waals surface area contributed by atoms with E-state index in [0.717, 1.165) is 12.1 Å². The number of hydrogen-bond donors (Lipinski definition) is 2. The summed E-state index contributed by atoms with van der Waals surface area (Å²) in [6.45, 7) is 0.492. The summed E-state index contributed by atoms with van der Waals surface area (Å²) in [5.74, 6) is -1.99. The first kappa shape index (κ1) is 27.9. The van der Waals surface area contributed by atoms with Gasteiger partial charge in [0.15, 0.2) is 23.0 Å². The third-order valence-electron chi connectivity index (χ3n) is 4.68. The number of benzene rings is 2. The van der Waals surface area contributed by atoms with Crippen LogP contribution in [0.3, 0.4) is 0 Å². The van der Waals surface area contributed by atoms with Crippen LogP contribution < -0.4 is 20.5 Å². The highest BCUT2D eigenvalue weighted by molar-refractivity contribution is 5.94. The van der Waals surface area contributed by atoms with Gasteiger partial charge < -0.3 is 24.9 Å². The predicted molar refractivity (Wildman–Crippen MR) is 122 cm³/mol. The summed E-state index contributed by atoms with van der Waals surface area (Å²) in [7, 11) is 0. The molecule has 2 aromatic carbocycles. The molecule has 0 aliphatic heterocycles. The smallest absolute Gasteiger partial charge is 0.387 e. The first-order valence-corrected chi connectivity index (χ1v) is 10.4. The average Bonchev–Trinajstić information content (AvgIpc) is 3.22. The number of nitrogens with one attached hydrogen (secondary N) is 1. The third-order valence-corrected chi connectivity index (χ3v) is 4.68. The van der Waals surface area contributed by atoms with Crippen LogP contribution in [-0.2, 0) is 6.42 Å². The van der Waals surface area contributed by atoms with E-state index in [4.69, 9.17) is 14.9 Å². The van der Waals surface area contributed by atoms with Gasteiger partial charge in [0, 0.05) is 18.2 Å². The molecular weight excluding hydrogens is 494 g/mol. The van der Waals surface area contributed by atoms with E-state index in [9.17, 15) is 22.4 Å². The Morgan fingerprint density at radius 3 is 2.54 bits per heavy atom. The zero-order valence-electron chi connectivity index (χ0n) is 18.8. The second-order valence-electron chi connectivity index (χ2n) is 7.24. The van der Waals surface area contributed by atoms with Crippen molar-refractivity contribution in [1.29, 1.82) is 0 Å². The van der Waals surface area contributed by atoms with Gasteiger partial charge in [0.25, 0.3) is 5.91 Å². The molecular formula is C23H24ClF4N3O4. The fourth-order valence-electron chi connectivity index (χ4n) is 3.15. The number of aromatic nitrogens is 1. The molecule has 0 spiro atoms. The number of carbonyl (C=O) groups excluding carboxylic acids is 1. The molecule has 0 radical (unpaired) electrons. The maximum absolute atomic E-state index is 13.8. The van der Waals surface area contributed by atoms with E-state index in [1.165, 1.54) is 24.3 Å². The normalized spacial score (nSPS) is 11.7. The van der Waals surface area contributed by atoms with Crippen LogP contribution in [0.4, 0.5) is 17.6 Å². The van der Waals surface area contributed by atoms with Crippen molar-refractivity contribution < 1.29 is 36.2 Å². The van der Waals surface area contributed by atoms with Gasteiger partial charge in [-0.3, -0.25) is 4.79 Å². The van der Waals surface area contributed by atoms with Crippen LogP contribution in [0.25, 0.3) is 11.5 Å². The molecule has 190 valence electrons. The molecule has 12 heteroatoms. The fraction of sp³-hybridized carbons (Fsp3) is 0.304. The minimum atomic E-state index is -3.03. The molecule has 3 rings (SSSR count). The van der Waals surface area contributed by atoms with Gasteiger partial charge in [0.05, 0.1) is 12.6 Å². The number of hydrogen-bond acceptors (Lipinski definition) is 6. The summed E-state index contributed by atoms with van der Waals surface area (Å²) in [5, 5.41) is 2.61. The van der Waals surface area contributed by atoms with Crippen LogP contribution in [0.2, 0.25) is 0 Å². The van der Waals surface area contributed by atoms with Gasteiger partial charge in [-0.05, 0) is 50.1 Å². The third kappa shape index (κ3) is 7.09. The second kappa shape index (κ2) is 12.4. The van der Waals surface area contributed by atoms with Crippen LogP contribution in [0.5, 0.6) is 11.5 Å². The van der Waals surface area contributed by atoms with Crippen molar-refractivity contribution in [3.63, 3.8) is 0 Å². The molecule has 1 unspecified atom stereocenters. The first-order valence-electron chi connectivity index (χ1n) is 10.4. The SMILES string of the molecule is CCOc1cc(-c2nc(C(=O)NCCc3ccc(F)cc3F)c(C(C)N)o2)ccc1OC(F)F.Cl. The number of ether oxygens (including phenoxy) is 2. The van der Waals surface area contributed by atoms with E-state index in [-0.39, 0.29) is 66.4 Å². The summed E-state index contributed by atoms with van der Waals surface area (Å²) >= 11 is 0. The molecule has 0 aliphatic carbocycles. The highest BCUT2D eigenvalue weighted by Crippen LogP contribution is 2.34. The number of nitrogens with two attached hydrogens (primary N) is 1. The first-order chi connectivity index (χ1) is 16.2. The zero-order valence-corrected chi connectivity index (χ0v) is 19.6. The number of carbonyl (C=O) groups is 1. The van der Waals surface area contributed by atoms with Crippen LogP contribution in [0.1, 0.15) is 41.7 Å². The zero-order chi connectivity index (χ0) is 24.8. The Hall–Kier alpha value is -3.31. The quantitative estimate of drug-likeness (QED) is 0.366. The topological polar surface area (TPSA) is 99.6 Å². The summed E-state index contributed by atoms with van der Waals surface area (Å²) in [5.41, 5.74) is 6.44. The Bertz CT molecular complexity index is 1160. The Kier molecular flexibility index (Phi) is 9.90. The van der Waals surface area contributed by atoms with Crippen LogP contribution >= 0.6 is 12.4 Å². The molecule has 0 aliphatic rings. The molecule has 0 fully saturated rings. The van der Waals surface area contributed by atoms with Crippen molar-refractivity contribution in [1.82, 2.24) is 10.3 Å². The van der Waals surface area contributed by atoms with Gasteiger partial charge in [-0.1, -0.05) is 6.07 Å². The van der Waals surface area contributed by atoms with Gasteiger partial charge in [-0.15, -0.1) is 12.4 Å². The lowest BCUT2D eigenvalue weighted by Gasteiger charge is -2.11. The number of oxazole rings is 1. The van der Waals surface area contributed by atoms with Gasteiger partial charge in [0.2, 0.25) is 5.89 Å². The van der Waals surface area contributed by atoms with E-state index < -0.39 is 30.2 Å². The summed E-state index contributed by atoms with van der Waals surface area (Å²) < 4.78 is 67.6. The summed E-state index contributed by atoms with van der Waals surface area (Å²) in [4.78, 5) is 16.9. The van der Waals surface area contributed by atoms with Crippen LogP contribution in [0.15, 0.2) is 40.8 Å². The van der Waals surface area contributed by atoms with Crippen molar-refractivity contribution in [3.8, 4) is 23.0 Å². The largest absolute Gasteiger partial charge is 0.490 e. The van der Waals surface area contributed by atoms with Crippen molar-refractivity contribution in [2.24, 2.45) is 5.73 Å². The Balaban J connectivity index is 0.00000432. The van der Waals surface area contributed by atoms with Crippen molar-refractivity contribution in [2.75, 3.05) is 13.2 Å². The number of nitrogens with zero attached hydrogens (tertiary/aromatic N) is 1. The molecule has 1 aromatic heterocycles. The van der Waals surface area contributed by atoms with E-state index in [0.29, 0.717) is 5.56 Å². The predicted octanol–water partition coefficient (Wildman–Crippen LogP) is 5.03. The Morgan fingerprint density at radius 2 is 1.91 bits per heavy atom. The minimum absolute atomic E-state index is 0. The van der Waals surface area contributed by atoms with Gasteiger partial charge >= 0.3 is 6.61 Å². The van der Waals surface area contributed by atoms with Gasteiger partial charge in [0.1, 0.15) is 11.6 Å². The van der Waals surface area contributed by atoms with Crippen molar-refractivity contribution in [2.45, 2.75) is 32.9 Å².